The van der Waals surface area contributed by atoms with E-state index in [1.807, 2.05) is 112 Å². The summed E-state index contributed by atoms with van der Waals surface area (Å²) in [5.41, 5.74) is 12.2. The third-order valence-electron chi connectivity index (χ3n) is 9.08. The minimum absolute atomic E-state index is 0.835. The van der Waals surface area contributed by atoms with Crippen LogP contribution < -0.4 is 0 Å². The first-order valence-corrected chi connectivity index (χ1v) is 16.7. The molecule has 12 nitrogen and oxygen atoms in total. The van der Waals surface area contributed by atoms with Gasteiger partial charge in [-0.05, 0) is 89.1 Å². The second-order valence-corrected chi connectivity index (χ2v) is 12.5. The lowest BCUT2D eigenvalue weighted by atomic mass is 10.2. The predicted molar refractivity (Wildman–Crippen MR) is 193 cm³/mol. The molecule has 0 aliphatic carbocycles. The van der Waals surface area contributed by atoms with E-state index in [4.69, 9.17) is 20.2 Å². The van der Waals surface area contributed by atoms with Crippen molar-refractivity contribution in [2.75, 3.05) is 0 Å². The summed E-state index contributed by atoms with van der Waals surface area (Å²) in [7, 11) is 4.06. The van der Waals surface area contributed by atoms with Gasteiger partial charge in [-0.2, -0.15) is 10.2 Å². The van der Waals surface area contributed by atoms with Gasteiger partial charge in [-0.3, -0.25) is 9.97 Å². The zero-order valence-electron chi connectivity index (χ0n) is 29.3. The zero-order valence-corrected chi connectivity index (χ0v) is 29.3. The molecule has 0 bridgehead atoms. The highest BCUT2D eigenvalue weighted by Gasteiger charge is 2.12. The van der Waals surface area contributed by atoms with Crippen molar-refractivity contribution < 1.29 is 0 Å². The van der Waals surface area contributed by atoms with Crippen LogP contribution in [0.4, 0.5) is 0 Å². The lowest BCUT2D eigenvalue weighted by Crippen LogP contribution is -2.04. The Kier molecular flexibility index (Phi) is 8.99. The number of imidazole rings is 4. The van der Waals surface area contributed by atoms with Crippen molar-refractivity contribution >= 4 is 11.3 Å². The number of nitrogens with zero attached hydrogens (tertiary/aromatic N) is 12. The van der Waals surface area contributed by atoms with E-state index in [0.717, 1.165) is 105 Å². The zero-order chi connectivity index (χ0) is 34.8. The molecule has 0 spiro atoms. The van der Waals surface area contributed by atoms with Crippen LogP contribution in [0.3, 0.4) is 0 Å². The fourth-order valence-electron chi connectivity index (χ4n) is 5.92. The summed E-state index contributed by atoms with van der Waals surface area (Å²) < 4.78 is 8.00. The first kappa shape index (κ1) is 32.5. The maximum Gasteiger partial charge on any atom is 0.154 e. The summed E-state index contributed by atoms with van der Waals surface area (Å²) in [6.07, 6.45) is 14.7. The van der Waals surface area contributed by atoms with Crippen molar-refractivity contribution in [3.63, 3.8) is 0 Å². The predicted octanol–water partition coefficient (Wildman–Crippen LogP) is 5.85. The molecule has 8 rings (SSSR count). The van der Waals surface area contributed by atoms with Gasteiger partial charge >= 0.3 is 0 Å². The average Bonchev–Trinajstić information content (AvgIpc) is 3.87. The number of fused-ring (bicyclic) bond motifs is 2. The topological polar surface area (TPSA) is 122 Å². The summed E-state index contributed by atoms with van der Waals surface area (Å²) >= 11 is 0. The van der Waals surface area contributed by atoms with Crippen molar-refractivity contribution in [2.24, 2.45) is 14.1 Å². The molecular formula is C38H40N12. The van der Waals surface area contributed by atoms with Gasteiger partial charge < -0.3 is 9.13 Å². The molecule has 0 amide bonds. The van der Waals surface area contributed by atoms with E-state index in [9.17, 15) is 0 Å². The van der Waals surface area contributed by atoms with Gasteiger partial charge in [0.15, 0.2) is 11.3 Å². The summed E-state index contributed by atoms with van der Waals surface area (Å²) in [4.78, 5) is 26.7. The molecule has 0 atom stereocenters. The molecule has 8 aromatic heterocycles. The number of hydrogen-bond donors (Lipinski definition) is 0. The smallest absolute Gasteiger partial charge is 0.154 e. The Morgan fingerprint density at radius 3 is 1.54 bits per heavy atom. The molecular weight excluding hydrogens is 625 g/mol. The van der Waals surface area contributed by atoms with Gasteiger partial charge in [0.05, 0.1) is 45.6 Å². The largest absolute Gasteiger partial charge is 0.337 e. The average molecular weight is 665 g/mol. The Hall–Kier alpha value is -6.04. The second kappa shape index (κ2) is 13.8. The van der Waals surface area contributed by atoms with Gasteiger partial charge in [0.1, 0.15) is 11.6 Å². The fourth-order valence-corrected chi connectivity index (χ4v) is 5.92. The van der Waals surface area contributed by atoms with Gasteiger partial charge in [-0.15, -0.1) is 0 Å². The van der Waals surface area contributed by atoms with Crippen LogP contribution in [0.25, 0.3) is 33.8 Å². The summed E-state index contributed by atoms with van der Waals surface area (Å²) in [6, 6.07) is 16.1. The van der Waals surface area contributed by atoms with Gasteiger partial charge in [0, 0.05) is 75.2 Å². The SMILES string of the molecule is Cc1nc2ccc(CCc3nc(-c4cccnc4)cn3C)nn2c1C.Cc1nc2ccc(CCc3nc(-c4ccncc4)cn3C)nn2c1C. The Bertz CT molecular complexity index is 2230. The van der Waals surface area contributed by atoms with Crippen LogP contribution in [0, 0.1) is 27.7 Å². The van der Waals surface area contributed by atoms with E-state index in [2.05, 4.69) is 35.3 Å². The Labute approximate surface area is 290 Å². The molecule has 50 heavy (non-hydrogen) atoms. The lowest BCUT2D eigenvalue weighted by molar-refractivity contribution is 0.741. The standard InChI is InChI=1S/2C19H20N6/c1-13-14(2)25-19(21-13)7-5-16(23-25)4-6-18-22-17(12-24(18)3)15-8-10-20-11-9-15;1-13-14(2)25-19(21-13)9-7-16(23-25)6-8-18-22-17(12-24(18)3)15-5-4-10-20-11-15/h5,7-12H,4,6H2,1-3H3;4-5,7,9-12H,6,8H2,1-3H3. The van der Waals surface area contributed by atoms with Crippen molar-refractivity contribution in [3.05, 3.63) is 132 Å². The van der Waals surface area contributed by atoms with E-state index in [0.29, 0.717) is 0 Å². The third kappa shape index (κ3) is 6.77. The molecule has 0 saturated carbocycles. The van der Waals surface area contributed by atoms with Crippen LogP contribution in [0.1, 0.15) is 45.8 Å². The van der Waals surface area contributed by atoms with E-state index >= 15 is 0 Å². The molecule has 12 heteroatoms. The van der Waals surface area contributed by atoms with Crippen molar-refractivity contribution in [1.29, 1.82) is 0 Å². The minimum atomic E-state index is 0.835. The third-order valence-corrected chi connectivity index (χ3v) is 9.08. The highest BCUT2D eigenvalue weighted by Crippen LogP contribution is 2.20. The molecule has 0 N–H and O–H groups in total. The number of rotatable bonds is 8. The van der Waals surface area contributed by atoms with Crippen LogP contribution in [0.2, 0.25) is 0 Å². The molecule has 8 heterocycles. The fraction of sp³-hybridized carbons (Fsp3) is 0.263. The first-order valence-electron chi connectivity index (χ1n) is 16.7. The minimum Gasteiger partial charge on any atom is -0.337 e. The normalized spacial score (nSPS) is 11.3. The van der Waals surface area contributed by atoms with Gasteiger partial charge in [-0.25, -0.2) is 29.0 Å². The van der Waals surface area contributed by atoms with Gasteiger partial charge in [-0.1, -0.05) is 0 Å². The number of hydrogen-bond acceptors (Lipinski definition) is 8. The van der Waals surface area contributed by atoms with Crippen molar-refractivity contribution in [1.82, 2.24) is 58.3 Å². The highest BCUT2D eigenvalue weighted by molar-refractivity contribution is 5.58. The van der Waals surface area contributed by atoms with Crippen LogP contribution in [-0.4, -0.2) is 58.3 Å². The van der Waals surface area contributed by atoms with Crippen LogP contribution in [0.15, 0.2) is 85.7 Å². The maximum absolute atomic E-state index is 4.77. The molecule has 0 aliphatic rings. The van der Waals surface area contributed by atoms with E-state index in [1.165, 1.54) is 0 Å². The number of aromatic nitrogens is 12. The lowest BCUT2D eigenvalue weighted by Gasteiger charge is -2.03. The second-order valence-electron chi connectivity index (χ2n) is 12.5. The van der Waals surface area contributed by atoms with E-state index in [1.54, 1.807) is 18.6 Å². The summed E-state index contributed by atoms with van der Waals surface area (Å²) in [5, 5.41) is 9.43. The summed E-state index contributed by atoms with van der Waals surface area (Å²) in [5.74, 6) is 2.09. The molecule has 0 saturated heterocycles. The number of pyridine rings is 2. The Morgan fingerprint density at radius 2 is 1.04 bits per heavy atom. The van der Waals surface area contributed by atoms with Gasteiger partial charge in [0.25, 0.3) is 0 Å². The highest BCUT2D eigenvalue weighted by atomic mass is 15.3. The molecule has 252 valence electrons. The number of aryl methyl sites for hydroxylation is 10. The van der Waals surface area contributed by atoms with Gasteiger partial charge in [0.2, 0.25) is 0 Å². The van der Waals surface area contributed by atoms with Crippen LogP contribution >= 0.6 is 0 Å². The maximum atomic E-state index is 4.77. The van der Waals surface area contributed by atoms with Crippen molar-refractivity contribution in [3.8, 4) is 22.5 Å². The molecule has 0 radical (unpaired) electrons. The monoisotopic (exact) mass is 664 g/mol. The molecule has 0 unspecified atom stereocenters. The Morgan fingerprint density at radius 1 is 0.520 bits per heavy atom. The van der Waals surface area contributed by atoms with Crippen LogP contribution in [-0.2, 0) is 39.8 Å². The molecule has 0 aromatic carbocycles. The van der Waals surface area contributed by atoms with E-state index < -0.39 is 0 Å². The first-order chi connectivity index (χ1) is 24.2. The quantitative estimate of drug-likeness (QED) is 0.198. The van der Waals surface area contributed by atoms with E-state index in [-0.39, 0.29) is 0 Å². The Balaban J connectivity index is 0.000000157. The molecule has 0 fully saturated rings. The van der Waals surface area contributed by atoms with Crippen LogP contribution in [0.5, 0.6) is 0 Å². The van der Waals surface area contributed by atoms with Crippen molar-refractivity contribution in [2.45, 2.75) is 53.4 Å². The summed E-state index contributed by atoms with van der Waals surface area (Å²) in [6.45, 7) is 8.12. The molecule has 8 aromatic rings. The molecule has 0 aliphatic heterocycles.